The lowest BCUT2D eigenvalue weighted by molar-refractivity contribution is 0.0291. The Morgan fingerprint density at radius 3 is 2.33 bits per heavy atom. The third kappa shape index (κ3) is 4.93. The van der Waals surface area contributed by atoms with E-state index in [1.165, 1.54) is 0 Å². The molecule has 2 aromatic carbocycles. The van der Waals surface area contributed by atoms with Gasteiger partial charge < -0.3 is 21.0 Å². The van der Waals surface area contributed by atoms with Crippen LogP contribution in [0.15, 0.2) is 48.5 Å². The van der Waals surface area contributed by atoms with Gasteiger partial charge in [-0.05, 0) is 36.6 Å². The average Bonchev–Trinajstić information content (AvgIpc) is 2.59. The Labute approximate surface area is 138 Å². The Morgan fingerprint density at radius 2 is 1.71 bits per heavy atom. The number of aryl methyl sites for hydroxylation is 1. The number of anilines is 2. The van der Waals surface area contributed by atoms with E-state index in [2.05, 4.69) is 5.32 Å². The SMILES string of the molecule is O=C(NCCCc1ccccc1)c1cc(N([O-])[O-])cc(N(O)O)c1. The molecule has 0 atom stereocenters. The summed E-state index contributed by atoms with van der Waals surface area (Å²) in [5, 5.41) is 41.4. The standard InChI is InChI=1S/C16H17N3O5/c20-16(17-8-4-7-12-5-2-1-3-6-12)13-9-14(18(21)22)11-15(10-13)19(23)24/h1-3,5-6,9-11,21-22H,4,7-8H2,(H,17,20)/q-2. The van der Waals surface area contributed by atoms with Crippen molar-refractivity contribution in [3.05, 3.63) is 70.1 Å². The lowest BCUT2D eigenvalue weighted by Gasteiger charge is -2.38. The first-order valence-electron chi connectivity index (χ1n) is 7.27. The molecule has 0 unspecified atom stereocenters. The molecule has 2 rings (SSSR count). The van der Waals surface area contributed by atoms with Crippen molar-refractivity contribution in [3.8, 4) is 0 Å². The maximum absolute atomic E-state index is 12.1. The van der Waals surface area contributed by atoms with E-state index in [0.29, 0.717) is 13.0 Å². The molecule has 8 heteroatoms. The van der Waals surface area contributed by atoms with E-state index in [1.54, 1.807) is 0 Å². The first-order valence-corrected chi connectivity index (χ1v) is 7.27. The topological polar surface area (TPSA) is 122 Å². The van der Waals surface area contributed by atoms with Gasteiger partial charge in [0, 0.05) is 17.8 Å². The molecule has 0 fully saturated rings. The van der Waals surface area contributed by atoms with Crippen LogP contribution in [0.4, 0.5) is 11.4 Å². The molecule has 0 bridgehead atoms. The lowest BCUT2D eigenvalue weighted by Crippen LogP contribution is -2.25. The zero-order chi connectivity index (χ0) is 17.5. The summed E-state index contributed by atoms with van der Waals surface area (Å²) >= 11 is 0. The maximum atomic E-state index is 12.1. The Kier molecular flexibility index (Phi) is 6.10. The summed E-state index contributed by atoms with van der Waals surface area (Å²) in [4.78, 5) is 12.1. The summed E-state index contributed by atoms with van der Waals surface area (Å²) in [7, 11) is 0. The minimum absolute atomic E-state index is 0.0213. The fourth-order valence-corrected chi connectivity index (χ4v) is 2.19. The molecule has 0 aliphatic rings. The molecule has 0 saturated heterocycles. The molecule has 2 aromatic rings. The van der Waals surface area contributed by atoms with Crippen molar-refractivity contribution < 1.29 is 15.2 Å². The molecule has 0 aliphatic carbocycles. The van der Waals surface area contributed by atoms with Gasteiger partial charge in [-0.15, -0.1) is 5.23 Å². The number of hydrogen-bond acceptors (Lipinski definition) is 7. The van der Waals surface area contributed by atoms with Crippen LogP contribution in [0.5, 0.6) is 0 Å². The molecule has 0 saturated carbocycles. The predicted molar refractivity (Wildman–Crippen MR) is 88.8 cm³/mol. The van der Waals surface area contributed by atoms with Gasteiger partial charge in [0.2, 0.25) is 0 Å². The van der Waals surface area contributed by atoms with Crippen LogP contribution >= 0.6 is 0 Å². The van der Waals surface area contributed by atoms with Crippen LogP contribution in [0.1, 0.15) is 22.3 Å². The van der Waals surface area contributed by atoms with E-state index < -0.39 is 16.8 Å². The summed E-state index contributed by atoms with van der Waals surface area (Å²) in [6, 6.07) is 13.0. The predicted octanol–water partition coefficient (Wildman–Crippen LogP) is 2.44. The van der Waals surface area contributed by atoms with Gasteiger partial charge in [0.25, 0.3) is 5.91 Å². The molecule has 0 aromatic heterocycles. The van der Waals surface area contributed by atoms with Crippen LogP contribution in [0.25, 0.3) is 0 Å². The maximum Gasteiger partial charge on any atom is 0.251 e. The smallest absolute Gasteiger partial charge is 0.251 e. The summed E-state index contributed by atoms with van der Waals surface area (Å²) in [5.74, 6) is -0.519. The molecule has 0 spiro atoms. The van der Waals surface area contributed by atoms with Gasteiger partial charge in [-0.2, -0.15) is 0 Å². The van der Waals surface area contributed by atoms with E-state index in [9.17, 15) is 15.2 Å². The van der Waals surface area contributed by atoms with Crippen LogP contribution in [0.3, 0.4) is 0 Å². The number of nitrogens with one attached hydrogen (secondary N) is 1. The Hall–Kier alpha value is -2.65. The highest BCUT2D eigenvalue weighted by Crippen LogP contribution is 2.23. The van der Waals surface area contributed by atoms with Crippen LogP contribution in [0, 0.1) is 10.4 Å². The molecular weight excluding hydrogens is 314 g/mol. The van der Waals surface area contributed by atoms with Crippen molar-refractivity contribution >= 4 is 17.3 Å². The van der Waals surface area contributed by atoms with Crippen molar-refractivity contribution in [3.63, 3.8) is 0 Å². The minimum atomic E-state index is -0.709. The van der Waals surface area contributed by atoms with Crippen LogP contribution < -0.4 is 15.8 Å². The van der Waals surface area contributed by atoms with Crippen molar-refractivity contribution in [1.29, 1.82) is 0 Å². The van der Waals surface area contributed by atoms with E-state index in [0.717, 1.165) is 30.2 Å². The third-order valence-electron chi connectivity index (χ3n) is 3.38. The second-order valence-electron chi connectivity index (χ2n) is 5.13. The van der Waals surface area contributed by atoms with Gasteiger partial charge in [0.05, 0.1) is 5.69 Å². The molecule has 0 radical (unpaired) electrons. The number of nitrogens with zero attached hydrogens (tertiary/aromatic N) is 2. The van der Waals surface area contributed by atoms with Crippen molar-refractivity contribution in [2.24, 2.45) is 0 Å². The quantitative estimate of drug-likeness (QED) is 0.526. The number of carbonyl (C=O) groups excluding carboxylic acids is 1. The molecule has 1 amide bonds. The molecule has 8 nitrogen and oxygen atoms in total. The Balaban J connectivity index is 1.96. The molecule has 24 heavy (non-hydrogen) atoms. The lowest BCUT2D eigenvalue weighted by atomic mass is 10.1. The van der Waals surface area contributed by atoms with Crippen LogP contribution in [-0.2, 0) is 6.42 Å². The van der Waals surface area contributed by atoms with Crippen molar-refractivity contribution in [1.82, 2.24) is 5.32 Å². The minimum Gasteiger partial charge on any atom is -0.769 e. The molecule has 128 valence electrons. The van der Waals surface area contributed by atoms with E-state index in [4.69, 9.17) is 10.4 Å². The highest BCUT2D eigenvalue weighted by molar-refractivity contribution is 5.96. The zero-order valence-corrected chi connectivity index (χ0v) is 12.8. The van der Waals surface area contributed by atoms with Gasteiger partial charge in [0.1, 0.15) is 0 Å². The van der Waals surface area contributed by atoms with E-state index in [-0.39, 0.29) is 16.5 Å². The summed E-state index contributed by atoms with van der Waals surface area (Å²) in [6.07, 6.45) is 1.51. The number of carbonyl (C=O) groups is 1. The number of hydrogen-bond donors (Lipinski definition) is 3. The fraction of sp³-hybridized carbons (Fsp3) is 0.188. The van der Waals surface area contributed by atoms with Gasteiger partial charge in [-0.3, -0.25) is 15.2 Å². The second-order valence-corrected chi connectivity index (χ2v) is 5.13. The highest BCUT2D eigenvalue weighted by atomic mass is 16.8. The number of rotatable bonds is 7. The molecule has 3 N–H and O–H groups in total. The van der Waals surface area contributed by atoms with Gasteiger partial charge in [-0.25, -0.2) is 0 Å². The van der Waals surface area contributed by atoms with E-state index >= 15 is 0 Å². The first kappa shape index (κ1) is 17.7. The van der Waals surface area contributed by atoms with Gasteiger partial charge in [-0.1, -0.05) is 30.3 Å². The molecule has 0 heterocycles. The highest BCUT2D eigenvalue weighted by Gasteiger charge is 2.10. The third-order valence-corrected chi connectivity index (χ3v) is 3.38. The summed E-state index contributed by atoms with van der Waals surface area (Å²) in [6.45, 7) is 0.397. The van der Waals surface area contributed by atoms with Crippen molar-refractivity contribution in [2.45, 2.75) is 12.8 Å². The Bertz CT molecular complexity index is 650. The first-order chi connectivity index (χ1) is 11.5. The van der Waals surface area contributed by atoms with Crippen LogP contribution in [-0.4, -0.2) is 22.9 Å². The normalized spacial score (nSPS) is 10.3. The van der Waals surface area contributed by atoms with Gasteiger partial charge >= 0.3 is 0 Å². The fourth-order valence-electron chi connectivity index (χ4n) is 2.19. The summed E-state index contributed by atoms with van der Waals surface area (Å²) in [5.41, 5.74) is 0.460. The molecular formula is C16H17N3O5-2. The number of benzene rings is 2. The Morgan fingerprint density at radius 1 is 1.04 bits per heavy atom. The second kappa shape index (κ2) is 8.27. The number of amides is 1. The monoisotopic (exact) mass is 331 g/mol. The zero-order valence-electron chi connectivity index (χ0n) is 12.8. The largest absolute Gasteiger partial charge is 0.769 e. The molecule has 0 aliphatic heterocycles. The van der Waals surface area contributed by atoms with Crippen LogP contribution in [0.2, 0.25) is 0 Å². The van der Waals surface area contributed by atoms with Crippen molar-refractivity contribution in [2.75, 3.05) is 17.0 Å². The summed E-state index contributed by atoms with van der Waals surface area (Å²) < 4.78 is 0. The van der Waals surface area contributed by atoms with Gasteiger partial charge in [0.15, 0.2) is 0 Å². The van der Waals surface area contributed by atoms with E-state index in [1.807, 2.05) is 30.3 Å². The average molecular weight is 331 g/mol.